The SMILES string of the molecule is O=C1N[C@@H]2C[C@H](c3c(OC(F)F)cccc31)n1c2nc2ccc(-c3cnc(C4(O)CCS(=O)(=O)C4)nc3)cc21. The molecule has 10 nitrogen and oxygen atoms in total. The van der Waals surface area contributed by atoms with E-state index in [2.05, 4.69) is 15.3 Å². The number of hydrogen-bond acceptors (Lipinski definition) is 8. The highest BCUT2D eigenvalue weighted by molar-refractivity contribution is 7.91. The predicted octanol–water partition coefficient (Wildman–Crippen LogP) is 2.88. The smallest absolute Gasteiger partial charge is 0.387 e. The largest absolute Gasteiger partial charge is 0.434 e. The molecule has 2 aromatic carbocycles. The monoisotopic (exact) mass is 553 g/mol. The van der Waals surface area contributed by atoms with Gasteiger partial charge in [0.2, 0.25) is 0 Å². The lowest BCUT2D eigenvalue weighted by Gasteiger charge is -2.21. The molecule has 13 heteroatoms. The first-order chi connectivity index (χ1) is 18.6. The van der Waals surface area contributed by atoms with Gasteiger partial charge in [0.1, 0.15) is 17.2 Å². The quantitative estimate of drug-likeness (QED) is 0.394. The number of hydrogen-bond donors (Lipinski definition) is 2. The zero-order valence-corrected chi connectivity index (χ0v) is 21.0. The van der Waals surface area contributed by atoms with E-state index in [1.54, 1.807) is 6.07 Å². The van der Waals surface area contributed by atoms with Crippen molar-refractivity contribution in [1.82, 2.24) is 24.8 Å². The Bertz CT molecular complexity index is 1780. The molecule has 1 amide bonds. The minimum atomic E-state index is -3.35. The molecule has 2 bridgehead atoms. The number of benzene rings is 2. The van der Waals surface area contributed by atoms with Crippen LogP contribution in [0.15, 0.2) is 48.8 Å². The normalized spacial score (nSPS) is 24.9. The molecular weight excluding hydrogens is 532 g/mol. The maximum Gasteiger partial charge on any atom is 0.387 e. The Hall–Kier alpha value is -3.97. The van der Waals surface area contributed by atoms with E-state index in [1.807, 2.05) is 22.8 Å². The van der Waals surface area contributed by atoms with Crippen molar-refractivity contribution in [3.63, 3.8) is 0 Å². The van der Waals surface area contributed by atoms with Crippen molar-refractivity contribution in [3.8, 4) is 16.9 Å². The van der Waals surface area contributed by atoms with Gasteiger partial charge in [0.15, 0.2) is 15.7 Å². The average Bonchev–Trinajstić information content (AvgIpc) is 3.50. The summed E-state index contributed by atoms with van der Waals surface area (Å²) in [6, 6.07) is 9.20. The van der Waals surface area contributed by atoms with Crippen LogP contribution in [0.2, 0.25) is 0 Å². The van der Waals surface area contributed by atoms with E-state index < -0.39 is 39.9 Å². The molecule has 1 saturated heterocycles. The van der Waals surface area contributed by atoms with Gasteiger partial charge in [-0.15, -0.1) is 0 Å². The number of fused-ring (bicyclic) bond motifs is 9. The highest BCUT2D eigenvalue weighted by atomic mass is 32.2. The Morgan fingerprint density at radius 1 is 1.15 bits per heavy atom. The number of sulfone groups is 1. The van der Waals surface area contributed by atoms with E-state index in [0.29, 0.717) is 28.9 Å². The summed E-state index contributed by atoms with van der Waals surface area (Å²) in [5, 5.41) is 13.7. The third-order valence-corrected chi connectivity index (χ3v) is 9.39. The maximum absolute atomic E-state index is 13.2. The Morgan fingerprint density at radius 3 is 2.67 bits per heavy atom. The third-order valence-electron chi connectivity index (χ3n) is 7.65. The lowest BCUT2D eigenvalue weighted by atomic mass is 9.97. The highest BCUT2D eigenvalue weighted by Crippen LogP contribution is 2.47. The molecule has 39 heavy (non-hydrogen) atoms. The minimum Gasteiger partial charge on any atom is -0.434 e. The van der Waals surface area contributed by atoms with Crippen LogP contribution in [-0.4, -0.2) is 57.1 Å². The van der Waals surface area contributed by atoms with Crippen molar-refractivity contribution in [2.45, 2.75) is 37.1 Å². The summed E-state index contributed by atoms with van der Waals surface area (Å²) in [4.78, 5) is 26.2. The fraction of sp³-hybridized carbons (Fsp3) is 0.308. The van der Waals surface area contributed by atoms with Crippen LogP contribution in [0, 0.1) is 0 Å². The third kappa shape index (κ3) is 3.79. The number of aromatic nitrogens is 4. The summed E-state index contributed by atoms with van der Waals surface area (Å²) in [7, 11) is -3.35. The number of nitrogens with zero attached hydrogens (tertiary/aromatic N) is 4. The summed E-state index contributed by atoms with van der Waals surface area (Å²) in [6.07, 6.45) is 3.53. The molecule has 3 aliphatic rings. The van der Waals surface area contributed by atoms with Gasteiger partial charge in [0.25, 0.3) is 5.91 Å². The molecule has 200 valence electrons. The molecule has 2 aromatic heterocycles. The van der Waals surface area contributed by atoms with Crippen LogP contribution < -0.4 is 10.1 Å². The summed E-state index contributed by atoms with van der Waals surface area (Å²) in [6.45, 7) is -3.05. The lowest BCUT2D eigenvalue weighted by Crippen LogP contribution is -2.29. The summed E-state index contributed by atoms with van der Waals surface area (Å²) >= 11 is 0. The van der Waals surface area contributed by atoms with E-state index >= 15 is 0 Å². The van der Waals surface area contributed by atoms with E-state index in [9.17, 15) is 27.1 Å². The van der Waals surface area contributed by atoms with E-state index in [-0.39, 0.29) is 35.2 Å². The number of nitrogens with one attached hydrogen (secondary N) is 1. The van der Waals surface area contributed by atoms with Gasteiger partial charge >= 0.3 is 6.61 Å². The fourth-order valence-electron chi connectivity index (χ4n) is 5.92. The molecule has 7 rings (SSSR count). The lowest BCUT2D eigenvalue weighted by molar-refractivity contribution is -0.0507. The van der Waals surface area contributed by atoms with Crippen molar-refractivity contribution >= 4 is 26.8 Å². The zero-order chi connectivity index (χ0) is 27.1. The molecule has 3 aliphatic heterocycles. The number of carbonyl (C=O) groups is 1. The molecule has 0 spiro atoms. The molecule has 0 saturated carbocycles. The number of imidazole rings is 1. The number of amides is 1. The zero-order valence-electron chi connectivity index (χ0n) is 20.2. The van der Waals surface area contributed by atoms with Crippen molar-refractivity contribution in [2.24, 2.45) is 0 Å². The standard InChI is InChI=1S/C26H21F2N5O5S/c27-25(28)38-20-3-1-2-15-21(20)19-9-17(32-23(15)34)22-31-16-5-4-13(8-18(16)33(19)22)14-10-29-24(30-11-14)26(35)6-7-39(36,37)12-26/h1-5,8,10-11,17,19,25,35H,6-7,9,12H2,(H,32,34)/t17-,19-,26?/m1/s1. The van der Waals surface area contributed by atoms with Crippen LogP contribution in [0.4, 0.5) is 8.78 Å². The Balaban J connectivity index is 1.31. The van der Waals surface area contributed by atoms with E-state index in [4.69, 9.17) is 9.72 Å². The van der Waals surface area contributed by atoms with E-state index in [0.717, 1.165) is 11.1 Å². The number of halogens is 2. The van der Waals surface area contributed by atoms with Crippen LogP contribution in [0.1, 0.15) is 52.5 Å². The van der Waals surface area contributed by atoms with Crippen LogP contribution in [-0.2, 0) is 15.4 Å². The number of ether oxygens (including phenoxy) is 1. The van der Waals surface area contributed by atoms with Crippen LogP contribution in [0.3, 0.4) is 0 Å². The second-order valence-electron chi connectivity index (χ2n) is 10.1. The van der Waals surface area contributed by atoms with Crippen LogP contribution >= 0.6 is 0 Å². The van der Waals surface area contributed by atoms with Gasteiger partial charge in [-0.3, -0.25) is 4.79 Å². The van der Waals surface area contributed by atoms with Gasteiger partial charge in [-0.25, -0.2) is 23.4 Å². The van der Waals surface area contributed by atoms with Gasteiger partial charge in [0, 0.05) is 29.1 Å². The molecule has 1 fully saturated rings. The van der Waals surface area contributed by atoms with Gasteiger partial charge in [-0.2, -0.15) is 8.78 Å². The molecular formula is C26H21F2N5O5S. The molecule has 5 heterocycles. The molecule has 1 unspecified atom stereocenters. The number of rotatable bonds is 4. The van der Waals surface area contributed by atoms with Crippen molar-refractivity contribution in [3.05, 3.63) is 71.6 Å². The average molecular weight is 554 g/mol. The second kappa shape index (κ2) is 8.26. The van der Waals surface area contributed by atoms with Crippen molar-refractivity contribution in [2.75, 3.05) is 11.5 Å². The number of aliphatic hydroxyl groups is 1. The Kier molecular flexibility index (Phi) is 5.11. The maximum atomic E-state index is 13.2. The Labute approximate surface area is 220 Å². The summed E-state index contributed by atoms with van der Waals surface area (Å²) in [5.74, 6) is -0.273. The van der Waals surface area contributed by atoms with Crippen molar-refractivity contribution in [1.29, 1.82) is 0 Å². The van der Waals surface area contributed by atoms with Crippen LogP contribution in [0.5, 0.6) is 5.75 Å². The van der Waals surface area contributed by atoms with Gasteiger partial charge in [-0.1, -0.05) is 12.1 Å². The minimum absolute atomic E-state index is 0.0421. The van der Waals surface area contributed by atoms with E-state index in [1.165, 1.54) is 24.5 Å². The summed E-state index contributed by atoms with van der Waals surface area (Å²) < 4.78 is 57.0. The molecule has 0 radical (unpaired) electrons. The first kappa shape index (κ1) is 24.1. The van der Waals surface area contributed by atoms with Gasteiger partial charge in [-0.05, 0) is 42.7 Å². The molecule has 2 N–H and O–H groups in total. The molecule has 3 atom stereocenters. The number of carbonyl (C=O) groups excluding carboxylic acids is 1. The topological polar surface area (TPSA) is 136 Å². The predicted molar refractivity (Wildman–Crippen MR) is 134 cm³/mol. The van der Waals surface area contributed by atoms with Crippen LogP contribution in [0.25, 0.3) is 22.2 Å². The van der Waals surface area contributed by atoms with Gasteiger partial charge in [0.05, 0.1) is 34.6 Å². The number of alkyl halides is 2. The second-order valence-corrected chi connectivity index (χ2v) is 12.3. The fourth-order valence-corrected chi connectivity index (χ4v) is 7.71. The Morgan fingerprint density at radius 2 is 1.95 bits per heavy atom. The van der Waals surface area contributed by atoms with Gasteiger partial charge < -0.3 is 19.7 Å². The highest BCUT2D eigenvalue weighted by Gasteiger charge is 2.45. The molecule has 4 aromatic rings. The summed E-state index contributed by atoms with van der Waals surface area (Å²) in [5.41, 5.74) is 1.82. The van der Waals surface area contributed by atoms with Crippen molar-refractivity contribution < 1.29 is 31.8 Å². The first-order valence-corrected chi connectivity index (χ1v) is 14.1. The first-order valence-electron chi connectivity index (χ1n) is 12.3. The molecule has 0 aliphatic carbocycles.